The highest BCUT2D eigenvalue weighted by molar-refractivity contribution is 5.41. The summed E-state index contributed by atoms with van der Waals surface area (Å²) in [6.07, 6.45) is 0. The van der Waals surface area contributed by atoms with Crippen molar-refractivity contribution < 1.29 is 0 Å². The zero-order valence-corrected chi connectivity index (χ0v) is 10.3. The standard InChI is InChI=1S/C12H16N6/c1-10-9-13-7-8-17(10)12-14-15-16-18(12)11-5-3-2-4-6-11/h2-6,10,13H,7-9H2,1H3/t10-/m1/s1. The van der Waals surface area contributed by atoms with Crippen molar-refractivity contribution >= 4 is 5.95 Å². The Morgan fingerprint density at radius 3 is 2.89 bits per heavy atom. The molecule has 1 aromatic heterocycles. The van der Waals surface area contributed by atoms with Crippen LogP contribution >= 0.6 is 0 Å². The van der Waals surface area contributed by atoms with Crippen LogP contribution in [0.1, 0.15) is 6.92 Å². The smallest absolute Gasteiger partial charge is 0.250 e. The van der Waals surface area contributed by atoms with Gasteiger partial charge in [-0.3, -0.25) is 0 Å². The summed E-state index contributed by atoms with van der Waals surface area (Å²) in [7, 11) is 0. The van der Waals surface area contributed by atoms with Crippen molar-refractivity contribution in [2.45, 2.75) is 13.0 Å². The summed E-state index contributed by atoms with van der Waals surface area (Å²) in [5.41, 5.74) is 0.989. The van der Waals surface area contributed by atoms with Gasteiger partial charge >= 0.3 is 0 Å². The van der Waals surface area contributed by atoms with Gasteiger partial charge < -0.3 is 10.2 Å². The number of para-hydroxylation sites is 1. The summed E-state index contributed by atoms with van der Waals surface area (Å²) < 4.78 is 1.79. The van der Waals surface area contributed by atoms with Gasteiger partial charge in [0.2, 0.25) is 0 Å². The molecule has 0 radical (unpaired) electrons. The number of aromatic nitrogens is 4. The molecule has 1 aromatic carbocycles. The minimum atomic E-state index is 0.396. The monoisotopic (exact) mass is 244 g/mol. The highest BCUT2D eigenvalue weighted by atomic mass is 15.6. The number of nitrogens with one attached hydrogen (secondary N) is 1. The van der Waals surface area contributed by atoms with Crippen molar-refractivity contribution in [3.8, 4) is 5.69 Å². The van der Waals surface area contributed by atoms with Crippen molar-refractivity contribution in [3.05, 3.63) is 30.3 Å². The third-order valence-electron chi connectivity index (χ3n) is 3.21. The first-order valence-electron chi connectivity index (χ1n) is 6.17. The minimum absolute atomic E-state index is 0.396. The highest BCUT2D eigenvalue weighted by Crippen LogP contribution is 2.18. The summed E-state index contributed by atoms with van der Waals surface area (Å²) in [6, 6.07) is 10.4. The molecule has 6 heteroatoms. The van der Waals surface area contributed by atoms with Gasteiger partial charge in [0, 0.05) is 25.7 Å². The van der Waals surface area contributed by atoms with Gasteiger partial charge in [0.05, 0.1) is 5.69 Å². The lowest BCUT2D eigenvalue weighted by Crippen LogP contribution is -2.50. The van der Waals surface area contributed by atoms with E-state index in [0.29, 0.717) is 6.04 Å². The van der Waals surface area contributed by atoms with Crippen LogP contribution in [0.5, 0.6) is 0 Å². The number of benzene rings is 1. The number of anilines is 1. The lowest BCUT2D eigenvalue weighted by molar-refractivity contribution is 0.489. The van der Waals surface area contributed by atoms with Crippen molar-refractivity contribution in [1.82, 2.24) is 25.5 Å². The number of tetrazole rings is 1. The Morgan fingerprint density at radius 2 is 2.11 bits per heavy atom. The predicted molar refractivity (Wildman–Crippen MR) is 68.8 cm³/mol. The van der Waals surface area contributed by atoms with Crippen molar-refractivity contribution in [2.75, 3.05) is 24.5 Å². The largest absolute Gasteiger partial charge is 0.334 e. The van der Waals surface area contributed by atoms with Crippen molar-refractivity contribution in [3.63, 3.8) is 0 Å². The summed E-state index contributed by atoms with van der Waals surface area (Å²) >= 11 is 0. The molecule has 2 heterocycles. The van der Waals surface area contributed by atoms with Gasteiger partial charge in [-0.05, 0) is 29.5 Å². The van der Waals surface area contributed by atoms with Gasteiger partial charge in [0.25, 0.3) is 5.95 Å². The van der Waals surface area contributed by atoms with Gasteiger partial charge in [-0.25, -0.2) is 0 Å². The van der Waals surface area contributed by atoms with Crippen LogP contribution in [0.25, 0.3) is 5.69 Å². The van der Waals surface area contributed by atoms with E-state index in [4.69, 9.17) is 0 Å². The SMILES string of the molecule is C[C@@H]1CNCCN1c1nnnn1-c1ccccc1. The Labute approximate surface area is 106 Å². The molecule has 0 aliphatic carbocycles. The molecule has 0 saturated carbocycles. The summed E-state index contributed by atoms with van der Waals surface area (Å²) in [4.78, 5) is 2.24. The molecule has 0 spiro atoms. The first kappa shape index (κ1) is 11.2. The Morgan fingerprint density at radius 1 is 1.28 bits per heavy atom. The molecule has 1 N–H and O–H groups in total. The predicted octanol–water partition coefficient (Wildman–Crippen LogP) is 0.460. The van der Waals surface area contributed by atoms with Gasteiger partial charge in [-0.1, -0.05) is 23.3 Å². The average molecular weight is 244 g/mol. The maximum Gasteiger partial charge on any atom is 0.250 e. The van der Waals surface area contributed by atoms with Crippen LogP contribution in [-0.2, 0) is 0 Å². The van der Waals surface area contributed by atoms with Gasteiger partial charge in [-0.2, -0.15) is 4.68 Å². The van der Waals surface area contributed by atoms with Gasteiger partial charge in [0.15, 0.2) is 0 Å². The Bertz CT molecular complexity index is 508. The fourth-order valence-electron chi connectivity index (χ4n) is 2.24. The molecule has 94 valence electrons. The second-order valence-corrected chi connectivity index (χ2v) is 4.47. The van der Waals surface area contributed by atoms with E-state index in [9.17, 15) is 0 Å². The quantitative estimate of drug-likeness (QED) is 0.831. The first-order chi connectivity index (χ1) is 8.86. The molecule has 1 aliphatic heterocycles. The normalized spacial score (nSPS) is 20.1. The second kappa shape index (κ2) is 4.73. The van der Waals surface area contributed by atoms with Gasteiger partial charge in [0.1, 0.15) is 0 Å². The molecule has 3 rings (SSSR count). The van der Waals surface area contributed by atoms with E-state index in [1.54, 1.807) is 4.68 Å². The first-order valence-corrected chi connectivity index (χ1v) is 6.17. The average Bonchev–Trinajstić information content (AvgIpc) is 2.89. The topological polar surface area (TPSA) is 58.9 Å². The summed E-state index contributed by atoms with van der Waals surface area (Å²) in [5.74, 6) is 0.815. The molecule has 2 aromatic rings. The molecule has 0 bridgehead atoms. The van der Waals surface area contributed by atoms with Crippen molar-refractivity contribution in [1.29, 1.82) is 0 Å². The molecule has 1 saturated heterocycles. The van der Waals surface area contributed by atoms with E-state index in [1.807, 2.05) is 30.3 Å². The maximum atomic E-state index is 4.17. The van der Waals surface area contributed by atoms with Crippen LogP contribution in [0.2, 0.25) is 0 Å². The molecule has 6 nitrogen and oxygen atoms in total. The molecule has 1 aliphatic rings. The lowest BCUT2D eigenvalue weighted by atomic mass is 10.2. The number of nitrogens with zero attached hydrogens (tertiary/aromatic N) is 5. The molecular weight excluding hydrogens is 228 g/mol. The lowest BCUT2D eigenvalue weighted by Gasteiger charge is -2.33. The zero-order valence-electron chi connectivity index (χ0n) is 10.3. The number of rotatable bonds is 2. The Hall–Kier alpha value is -1.95. The molecule has 1 atom stereocenters. The number of hydrogen-bond acceptors (Lipinski definition) is 5. The van der Waals surface area contributed by atoms with E-state index in [1.165, 1.54) is 0 Å². The van der Waals surface area contributed by atoms with E-state index < -0.39 is 0 Å². The van der Waals surface area contributed by atoms with Gasteiger partial charge in [-0.15, -0.1) is 0 Å². The maximum absolute atomic E-state index is 4.17. The molecular formula is C12H16N6. The third kappa shape index (κ3) is 1.95. The van der Waals surface area contributed by atoms with E-state index >= 15 is 0 Å². The Kier molecular flexibility index (Phi) is 2.93. The van der Waals surface area contributed by atoms with Crippen LogP contribution in [-0.4, -0.2) is 45.9 Å². The van der Waals surface area contributed by atoms with Crippen LogP contribution < -0.4 is 10.2 Å². The zero-order chi connectivity index (χ0) is 12.4. The van der Waals surface area contributed by atoms with Crippen LogP contribution in [0.15, 0.2) is 30.3 Å². The van der Waals surface area contributed by atoms with Crippen LogP contribution in [0, 0.1) is 0 Å². The molecule has 0 unspecified atom stereocenters. The summed E-state index contributed by atoms with van der Waals surface area (Å²) in [6.45, 7) is 5.03. The fourth-order valence-corrected chi connectivity index (χ4v) is 2.24. The minimum Gasteiger partial charge on any atom is -0.334 e. The molecule has 1 fully saturated rings. The van der Waals surface area contributed by atoms with E-state index in [-0.39, 0.29) is 0 Å². The molecule has 18 heavy (non-hydrogen) atoms. The van der Waals surface area contributed by atoms with Crippen molar-refractivity contribution in [2.24, 2.45) is 0 Å². The Balaban J connectivity index is 1.96. The van der Waals surface area contributed by atoms with E-state index in [0.717, 1.165) is 31.3 Å². The number of piperazine rings is 1. The highest BCUT2D eigenvalue weighted by Gasteiger charge is 2.23. The third-order valence-corrected chi connectivity index (χ3v) is 3.21. The van der Waals surface area contributed by atoms with E-state index in [2.05, 4.69) is 32.7 Å². The summed E-state index contributed by atoms with van der Waals surface area (Å²) in [5, 5.41) is 15.4. The second-order valence-electron chi connectivity index (χ2n) is 4.47. The molecule has 0 amide bonds. The van der Waals surface area contributed by atoms with Crippen LogP contribution in [0.3, 0.4) is 0 Å². The van der Waals surface area contributed by atoms with Crippen LogP contribution in [0.4, 0.5) is 5.95 Å². The number of hydrogen-bond donors (Lipinski definition) is 1. The fraction of sp³-hybridized carbons (Fsp3) is 0.417.